The normalized spacial score (nSPS) is 15.2. The molecule has 1 N–H and O–H groups in total. The Labute approximate surface area is 229 Å². The highest BCUT2D eigenvalue weighted by Gasteiger charge is 2.31. The third kappa shape index (κ3) is 5.83. The highest BCUT2D eigenvalue weighted by Crippen LogP contribution is 2.43. The number of carbonyl (C=O) groups excluding carboxylic acids is 1. The van der Waals surface area contributed by atoms with Gasteiger partial charge in [-0.2, -0.15) is 0 Å². The Morgan fingerprint density at radius 1 is 0.895 bits per heavy atom. The first kappa shape index (κ1) is 26.2. The van der Waals surface area contributed by atoms with E-state index in [0.29, 0.717) is 5.56 Å². The molecule has 1 fully saturated rings. The Morgan fingerprint density at radius 3 is 2.16 bits per heavy atom. The Hall–Kier alpha value is -3.45. The molecule has 3 aromatic carbocycles. The number of methoxy groups -OCH3 is 1. The maximum atomic E-state index is 13.2. The fourth-order valence-corrected chi connectivity index (χ4v) is 6.29. The third-order valence-corrected chi connectivity index (χ3v) is 8.56. The first-order valence-corrected chi connectivity index (χ1v) is 14.0. The molecule has 0 unspecified atom stereocenters. The number of amides is 1. The minimum atomic E-state index is -0.0748. The van der Waals surface area contributed by atoms with Gasteiger partial charge in [-0.3, -0.25) is 14.6 Å². The van der Waals surface area contributed by atoms with Crippen molar-refractivity contribution >= 4 is 22.2 Å². The van der Waals surface area contributed by atoms with Gasteiger partial charge >= 0.3 is 0 Å². The van der Waals surface area contributed by atoms with Crippen molar-refractivity contribution in [2.45, 2.75) is 26.4 Å². The van der Waals surface area contributed by atoms with Crippen molar-refractivity contribution in [1.82, 2.24) is 9.80 Å². The molecule has 2 heterocycles. The van der Waals surface area contributed by atoms with Crippen LogP contribution in [-0.2, 0) is 6.54 Å². The highest BCUT2D eigenvalue weighted by molar-refractivity contribution is 7.16. The van der Waals surface area contributed by atoms with Crippen LogP contribution in [0.15, 0.2) is 84.9 Å². The molecule has 6 heteroatoms. The number of aryl methyl sites for hydroxylation is 1. The number of piperazine rings is 1. The number of ether oxygens (including phenoxy) is 1. The summed E-state index contributed by atoms with van der Waals surface area (Å²) >= 11 is 1.67. The van der Waals surface area contributed by atoms with Gasteiger partial charge in [0.15, 0.2) is 0 Å². The molecular formula is C32H35N3O2S. The summed E-state index contributed by atoms with van der Waals surface area (Å²) < 4.78 is 5.45. The van der Waals surface area contributed by atoms with Crippen LogP contribution in [0.25, 0.3) is 0 Å². The lowest BCUT2D eigenvalue weighted by Crippen LogP contribution is -2.47. The van der Waals surface area contributed by atoms with Crippen LogP contribution in [0.4, 0.5) is 5.00 Å². The predicted octanol–water partition coefficient (Wildman–Crippen LogP) is 6.53. The van der Waals surface area contributed by atoms with E-state index >= 15 is 0 Å². The van der Waals surface area contributed by atoms with E-state index in [0.717, 1.165) is 43.5 Å². The van der Waals surface area contributed by atoms with Crippen molar-refractivity contribution in [3.8, 4) is 5.75 Å². The van der Waals surface area contributed by atoms with Crippen molar-refractivity contribution in [2.75, 3.05) is 38.6 Å². The summed E-state index contributed by atoms with van der Waals surface area (Å²) in [6.07, 6.45) is 0. The molecule has 4 aromatic rings. The van der Waals surface area contributed by atoms with Crippen LogP contribution >= 0.6 is 11.3 Å². The van der Waals surface area contributed by atoms with Crippen LogP contribution in [0.2, 0.25) is 0 Å². The molecule has 196 valence electrons. The number of rotatable bonds is 8. The van der Waals surface area contributed by atoms with Crippen molar-refractivity contribution in [3.05, 3.63) is 118 Å². The first-order chi connectivity index (χ1) is 18.5. The van der Waals surface area contributed by atoms with E-state index in [9.17, 15) is 4.79 Å². The molecule has 1 aliphatic heterocycles. The second kappa shape index (κ2) is 11.9. The van der Waals surface area contributed by atoms with Gasteiger partial charge in [0.25, 0.3) is 5.91 Å². The number of anilines is 1. The minimum absolute atomic E-state index is 0.0378. The maximum Gasteiger partial charge on any atom is 0.256 e. The van der Waals surface area contributed by atoms with Gasteiger partial charge in [-0.05, 0) is 54.8 Å². The molecular weight excluding hydrogens is 490 g/mol. The zero-order valence-electron chi connectivity index (χ0n) is 22.3. The smallest absolute Gasteiger partial charge is 0.256 e. The number of nitrogens with zero attached hydrogens (tertiary/aromatic N) is 2. The third-order valence-electron chi connectivity index (χ3n) is 7.42. The van der Waals surface area contributed by atoms with Gasteiger partial charge in [0.2, 0.25) is 0 Å². The molecule has 0 spiro atoms. The summed E-state index contributed by atoms with van der Waals surface area (Å²) in [4.78, 5) is 19.5. The standard InChI is InChI=1S/C32H35N3O2S/c1-23-24(2)38-32(33-31(36)27-12-8-5-9-13-27)29(23)30(26-14-16-28(37-3)17-15-26)35-20-18-34(19-21-35)22-25-10-6-4-7-11-25/h4-17,30H,18-22H2,1-3H3,(H,33,36)/t30-/m1/s1. The number of hydrogen-bond acceptors (Lipinski definition) is 5. The topological polar surface area (TPSA) is 44.8 Å². The lowest BCUT2D eigenvalue weighted by molar-refractivity contribution is 0.102. The molecule has 38 heavy (non-hydrogen) atoms. The number of thiophene rings is 1. The van der Waals surface area contributed by atoms with E-state index in [1.807, 2.05) is 42.5 Å². The molecule has 1 amide bonds. The average Bonchev–Trinajstić information content (AvgIpc) is 3.23. The highest BCUT2D eigenvalue weighted by atomic mass is 32.1. The van der Waals surface area contributed by atoms with Gasteiger partial charge in [0, 0.05) is 48.7 Å². The van der Waals surface area contributed by atoms with Gasteiger partial charge in [-0.25, -0.2) is 0 Å². The maximum absolute atomic E-state index is 13.2. The molecule has 0 saturated carbocycles. The second-order valence-corrected chi connectivity index (χ2v) is 11.0. The van der Waals surface area contributed by atoms with Crippen LogP contribution in [0.3, 0.4) is 0 Å². The van der Waals surface area contributed by atoms with Crippen LogP contribution in [-0.4, -0.2) is 49.0 Å². The fraction of sp³-hybridized carbons (Fsp3) is 0.281. The van der Waals surface area contributed by atoms with Gasteiger partial charge in [-0.15, -0.1) is 11.3 Å². The lowest BCUT2D eigenvalue weighted by atomic mass is 9.94. The summed E-state index contributed by atoms with van der Waals surface area (Å²) in [5.74, 6) is 0.769. The number of carbonyl (C=O) groups is 1. The van der Waals surface area contributed by atoms with E-state index in [1.165, 1.54) is 27.1 Å². The molecule has 0 radical (unpaired) electrons. The zero-order chi connectivity index (χ0) is 26.5. The monoisotopic (exact) mass is 525 g/mol. The fourth-order valence-electron chi connectivity index (χ4n) is 5.20. The van der Waals surface area contributed by atoms with Crippen LogP contribution < -0.4 is 10.1 Å². The predicted molar refractivity (Wildman–Crippen MR) is 156 cm³/mol. The summed E-state index contributed by atoms with van der Waals surface area (Å²) in [6.45, 7) is 9.18. The number of hydrogen-bond donors (Lipinski definition) is 1. The van der Waals surface area contributed by atoms with E-state index in [4.69, 9.17) is 4.74 Å². The summed E-state index contributed by atoms with van der Waals surface area (Å²) in [6, 6.07) is 28.6. The van der Waals surface area contributed by atoms with E-state index in [2.05, 4.69) is 71.4 Å². The molecule has 0 bridgehead atoms. The first-order valence-electron chi connectivity index (χ1n) is 13.1. The molecule has 1 aromatic heterocycles. The SMILES string of the molecule is COc1ccc([C@H](c2c(NC(=O)c3ccccc3)sc(C)c2C)N2CCN(Cc3ccccc3)CC2)cc1. The average molecular weight is 526 g/mol. The van der Waals surface area contributed by atoms with Crippen molar-refractivity contribution in [2.24, 2.45) is 0 Å². The van der Waals surface area contributed by atoms with Gasteiger partial charge < -0.3 is 10.1 Å². The van der Waals surface area contributed by atoms with E-state index in [-0.39, 0.29) is 11.9 Å². The van der Waals surface area contributed by atoms with Gasteiger partial charge in [-0.1, -0.05) is 60.7 Å². The van der Waals surface area contributed by atoms with Gasteiger partial charge in [0.1, 0.15) is 10.8 Å². The molecule has 5 rings (SSSR count). The summed E-state index contributed by atoms with van der Waals surface area (Å²) in [5, 5.41) is 4.19. The summed E-state index contributed by atoms with van der Waals surface area (Å²) in [7, 11) is 1.70. The van der Waals surface area contributed by atoms with E-state index in [1.54, 1.807) is 18.4 Å². The Bertz CT molecular complexity index is 1340. The van der Waals surface area contributed by atoms with Crippen LogP contribution in [0.1, 0.15) is 43.5 Å². The van der Waals surface area contributed by atoms with E-state index < -0.39 is 0 Å². The molecule has 5 nitrogen and oxygen atoms in total. The van der Waals surface area contributed by atoms with Crippen LogP contribution in [0.5, 0.6) is 5.75 Å². The zero-order valence-corrected chi connectivity index (χ0v) is 23.1. The molecule has 1 atom stereocenters. The van der Waals surface area contributed by atoms with Gasteiger partial charge in [0.05, 0.1) is 13.2 Å². The Balaban J connectivity index is 1.45. The number of benzene rings is 3. The quantitative estimate of drug-likeness (QED) is 0.284. The molecule has 1 saturated heterocycles. The molecule has 1 aliphatic rings. The Morgan fingerprint density at radius 2 is 1.53 bits per heavy atom. The Kier molecular flexibility index (Phi) is 8.23. The molecule has 0 aliphatic carbocycles. The second-order valence-electron chi connectivity index (χ2n) is 9.82. The van der Waals surface area contributed by atoms with Crippen LogP contribution in [0, 0.1) is 13.8 Å². The van der Waals surface area contributed by atoms with Crippen molar-refractivity contribution in [1.29, 1.82) is 0 Å². The summed E-state index contributed by atoms with van der Waals surface area (Å²) in [5.41, 5.74) is 5.66. The minimum Gasteiger partial charge on any atom is -0.497 e. The number of nitrogens with one attached hydrogen (secondary N) is 1. The largest absolute Gasteiger partial charge is 0.497 e. The van der Waals surface area contributed by atoms with Crippen molar-refractivity contribution in [3.63, 3.8) is 0 Å². The van der Waals surface area contributed by atoms with Crippen molar-refractivity contribution < 1.29 is 9.53 Å². The lowest BCUT2D eigenvalue weighted by Gasteiger charge is -2.40.